The summed E-state index contributed by atoms with van der Waals surface area (Å²) < 4.78 is 0. The predicted molar refractivity (Wildman–Crippen MR) is 58.9 cm³/mol. The summed E-state index contributed by atoms with van der Waals surface area (Å²) in [5.74, 6) is 2.36. The molecule has 3 heteroatoms. The first kappa shape index (κ1) is 11.3. The standard InChI is InChI=1S/C10H21NOS/c1-3-8(4-2)9(11)10(12)5-6-13-7-10/h8-9,12H,3-7,11H2,1-2H3. The van der Waals surface area contributed by atoms with Crippen LogP contribution in [0.25, 0.3) is 0 Å². The van der Waals surface area contributed by atoms with E-state index in [1.165, 1.54) is 0 Å². The van der Waals surface area contributed by atoms with Crippen molar-refractivity contribution in [3.05, 3.63) is 0 Å². The zero-order valence-corrected chi connectivity index (χ0v) is 9.44. The molecule has 2 atom stereocenters. The van der Waals surface area contributed by atoms with Gasteiger partial charge < -0.3 is 10.8 Å². The van der Waals surface area contributed by atoms with E-state index >= 15 is 0 Å². The van der Waals surface area contributed by atoms with Crippen LogP contribution in [-0.2, 0) is 0 Å². The van der Waals surface area contributed by atoms with Crippen molar-refractivity contribution in [3.63, 3.8) is 0 Å². The normalized spacial score (nSPS) is 31.2. The minimum Gasteiger partial charge on any atom is -0.387 e. The molecule has 0 spiro atoms. The number of rotatable bonds is 4. The van der Waals surface area contributed by atoms with E-state index in [4.69, 9.17) is 5.73 Å². The molecular formula is C10H21NOS. The molecule has 13 heavy (non-hydrogen) atoms. The van der Waals surface area contributed by atoms with Crippen LogP contribution in [0.5, 0.6) is 0 Å². The van der Waals surface area contributed by atoms with Crippen molar-refractivity contribution >= 4 is 11.8 Å². The lowest BCUT2D eigenvalue weighted by Crippen LogP contribution is -2.52. The Kier molecular flexibility index (Phi) is 4.07. The average molecular weight is 203 g/mol. The second-order valence-corrected chi connectivity index (χ2v) is 5.11. The molecule has 0 aromatic rings. The van der Waals surface area contributed by atoms with E-state index in [0.717, 1.165) is 30.8 Å². The quantitative estimate of drug-likeness (QED) is 0.730. The molecule has 1 rings (SSSR count). The van der Waals surface area contributed by atoms with Crippen LogP contribution in [0.15, 0.2) is 0 Å². The second kappa shape index (κ2) is 4.67. The third-order valence-corrected chi connectivity index (χ3v) is 4.41. The van der Waals surface area contributed by atoms with E-state index < -0.39 is 5.60 Å². The van der Waals surface area contributed by atoms with E-state index in [1.807, 2.05) is 11.8 Å². The molecule has 3 N–H and O–H groups in total. The van der Waals surface area contributed by atoms with Gasteiger partial charge >= 0.3 is 0 Å². The van der Waals surface area contributed by atoms with Crippen molar-refractivity contribution in [2.75, 3.05) is 11.5 Å². The molecule has 0 radical (unpaired) electrons. The molecule has 0 saturated carbocycles. The zero-order valence-electron chi connectivity index (χ0n) is 8.62. The Morgan fingerprint density at radius 2 is 2.08 bits per heavy atom. The highest BCUT2D eigenvalue weighted by atomic mass is 32.2. The number of aliphatic hydroxyl groups is 1. The number of nitrogens with two attached hydrogens (primary N) is 1. The molecule has 0 aromatic heterocycles. The zero-order chi connectivity index (χ0) is 9.90. The van der Waals surface area contributed by atoms with Gasteiger partial charge in [-0.15, -0.1) is 0 Å². The second-order valence-electron chi connectivity index (χ2n) is 4.01. The highest BCUT2D eigenvalue weighted by Crippen LogP contribution is 2.34. The average Bonchev–Trinajstić information content (AvgIpc) is 2.55. The topological polar surface area (TPSA) is 46.2 Å². The monoisotopic (exact) mass is 203 g/mol. The van der Waals surface area contributed by atoms with Crippen LogP contribution in [-0.4, -0.2) is 28.3 Å². The molecule has 2 nitrogen and oxygen atoms in total. The molecular weight excluding hydrogens is 182 g/mol. The Morgan fingerprint density at radius 3 is 2.46 bits per heavy atom. The summed E-state index contributed by atoms with van der Waals surface area (Å²) in [6, 6.07) is -0.0301. The maximum Gasteiger partial charge on any atom is 0.0898 e. The first-order chi connectivity index (χ1) is 6.14. The van der Waals surface area contributed by atoms with E-state index in [1.54, 1.807) is 0 Å². The lowest BCUT2D eigenvalue weighted by atomic mass is 9.82. The van der Waals surface area contributed by atoms with Gasteiger partial charge in [0, 0.05) is 11.8 Å². The Morgan fingerprint density at radius 1 is 1.46 bits per heavy atom. The van der Waals surface area contributed by atoms with Gasteiger partial charge in [-0.3, -0.25) is 0 Å². The first-order valence-corrected chi connectivity index (χ1v) is 6.35. The minimum atomic E-state index is -0.582. The largest absolute Gasteiger partial charge is 0.387 e. The van der Waals surface area contributed by atoms with Crippen molar-refractivity contribution < 1.29 is 5.11 Å². The molecule has 1 heterocycles. The minimum absolute atomic E-state index is 0.0301. The van der Waals surface area contributed by atoms with Gasteiger partial charge in [-0.25, -0.2) is 0 Å². The summed E-state index contributed by atoms with van der Waals surface area (Å²) >= 11 is 1.82. The van der Waals surface area contributed by atoms with Gasteiger partial charge in [-0.1, -0.05) is 26.7 Å². The lowest BCUT2D eigenvalue weighted by Gasteiger charge is -2.34. The van der Waals surface area contributed by atoms with Crippen LogP contribution in [0.4, 0.5) is 0 Å². The van der Waals surface area contributed by atoms with Crippen molar-refractivity contribution in [1.29, 1.82) is 0 Å². The summed E-state index contributed by atoms with van der Waals surface area (Å²) in [5, 5.41) is 10.2. The molecule has 1 saturated heterocycles. The molecule has 0 amide bonds. The smallest absolute Gasteiger partial charge is 0.0898 e. The predicted octanol–water partition coefficient (Wildman–Crippen LogP) is 1.62. The van der Waals surface area contributed by atoms with Crippen LogP contribution in [0.2, 0.25) is 0 Å². The fourth-order valence-electron chi connectivity index (χ4n) is 2.07. The number of thioether (sulfide) groups is 1. The highest BCUT2D eigenvalue weighted by molar-refractivity contribution is 7.99. The number of hydrogen-bond donors (Lipinski definition) is 2. The molecule has 0 aromatic carbocycles. The van der Waals surface area contributed by atoms with Crippen LogP contribution < -0.4 is 5.73 Å². The number of hydrogen-bond acceptors (Lipinski definition) is 3. The van der Waals surface area contributed by atoms with Gasteiger partial charge in [0.15, 0.2) is 0 Å². The van der Waals surface area contributed by atoms with Gasteiger partial charge in [0.25, 0.3) is 0 Å². The first-order valence-electron chi connectivity index (χ1n) is 5.19. The van der Waals surface area contributed by atoms with Crippen LogP contribution in [0, 0.1) is 5.92 Å². The Labute approximate surface area is 85.3 Å². The van der Waals surface area contributed by atoms with Crippen molar-refractivity contribution in [3.8, 4) is 0 Å². The van der Waals surface area contributed by atoms with E-state index in [2.05, 4.69) is 13.8 Å². The van der Waals surface area contributed by atoms with Gasteiger partial charge in [0.1, 0.15) is 0 Å². The maximum absolute atomic E-state index is 10.2. The lowest BCUT2D eigenvalue weighted by molar-refractivity contribution is 0.0181. The van der Waals surface area contributed by atoms with Gasteiger partial charge in [-0.2, -0.15) is 11.8 Å². The molecule has 78 valence electrons. The Hall–Kier alpha value is 0.270. The Bertz CT molecular complexity index is 153. The SMILES string of the molecule is CCC(CC)C(N)C1(O)CCSC1. The molecule has 1 aliphatic heterocycles. The van der Waals surface area contributed by atoms with E-state index in [0.29, 0.717) is 5.92 Å². The Balaban J connectivity index is 2.58. The molecule has 2 unspecified atom stereocenters. The molecule has 1 fully saturated rings. The molecule has 1 aliphatic rings. The third kappa shape index (κ3) is 2.39. The van der Waals surface area contributed by atoms with Crippen LogP contribution in [0.3, 0.4) is 0 Å². The van der Waals surface area contributed by atoms with Crippen molar-refractivity contribution in [1.82, 2.24) is 0 Å². The molecule has 0 aliphatic carbocycles. The van der Waals surface area contributed by atoms with Crippen molar-refractivity contribution in [2.24, 2.45) is 11.7 Å². The van der Waals surface area contributed by atoms with Gasteiger partial charge in [0.05, 0.1) is 5.60 Å². The van der Waals surface area contributed by atoms with Gasteiger partial charge in [0.2, 0.25) is 0 Å². The summed E-state index contributed by atoms with van der Waals surface area (Å²) in [6.07, 6.45) is 3.02. The summed E-state index contributed by atoms with van der Waals surface area (Å²) in [5.41, 5.74) is 5.53. The maximum atomic E-state index is 10.2. The fourth-order valence-corrected chi connectivity index (χ4v) is 3.40. The van der Waals surface area contributed by atoms with E-state index in [9.17, 15) is 5.11 Å². The summed E-state index contributed by atoms with van der Waals surface area (Å²) in [4.78, 5) is 0. The van der Waals surface area contributed by atoms with Gasteiger partial charge in [-0.05, 0) is 18.1 Å². The molecule has 0 bridgehead atoms. The fraction of sp³-hybridized carbons (Fsp3) is 1.00. The van der Waals surface area contributed by atoms with Crippen LogP contribution >= 0.6 is 11.8 Å². The van der Waals surface area contributed by atoms with Crippen LogP contribution in [0.1, 0.15) is 33.1 Å². The third-order valence-electron chi connectivity index (χ3n) is 3.21. The van der Waals surface area contributed by atoms with Crippen molar-refractivity contribution in [2.45, 2.75) is 44.8 Å². The summed E-state index contributed by atoms with van der Waals surface area (Å²) in [7, 11) is 0. The highest BCUT2D eigenvalue weighted by Gasteiger charge is 2.40. The summed E-state index contributed by atoms with van der Waals surface area (Å²) in [6.45, 7) is 4.30. The van der Waals surface area contributed by atoms with E-state index in [-0.39, 0.29) is 6.04 Å².